The van der Waals surface area contributed by atoms with Crippen molar-refractivity contribution in [3.8, 4) is 11.5 Å². The van der Waals surface area contributed by atoms with E-state index in [1.807, 2.05) is 48.5 Å². The summed E-state index contributed by atoms with van der Waals surface area (Å²) in [6, 6.07) is 15.2. The minimum absolute atomic E-state index is 0.0215. The van der Waals surface area contributed by atoms with Gasteiger partial charge in [-0.15, -0.1) is 0 Å². The minimum Gasteiger partial charge on any atom is -0.493 e. The zero-order valence-corrected chi connectivity index (χ0v) is 16.1. The Morgan fingerprint density at radius 3 is 2.63 bits per heavy atom. The van der Waals surface area contributed by atoms with Crippen LogP contribution in [0.25, 0.3) is 6.08 Å². The highest BCUT2D eigenvalue weighted by Gasteiger charge is 2.23. The second-order valence-electron chi connectivity index (χ2n) is 6.55. The molecule has 2 aromatic rings. The summed E-state index contributed by atoms with van der Waals surface area (Å²) in [5.74, 6) is 1.48. The molecule has 0 atom stereocenters. The van der Waals surface area contributed by atoms with Crippen LogP contribution in [0.1, 0.15) is 36.2 Å². The van der Waals surface area contributed by atoms with E-state index in [4.69, 9.17) is 9.47 Å². The van der Waals surface area contributed by atoms with Crippen LogP contribution in [0.4, 0.5) is 0 Å². The molecule has 0 fully saturated rings. The number of para-hydroxylation sites is 2. The van der Waals surface area contributed by atoms with Crippen LogP contribution in [-0.4, -0.2) is 43.5 Å². The maximum Gasteiger partial charge on any atom is 0.196 e. The molecule has 0 bridgehead atoms. The molecule has 0 radical (unpaired) electrons. The van der Waals surface area contributed by atoms with E-state index in [9.17, 15) is 4.79 Å². The Morgan fingerprint density at radius 2 is 1.81 bits per heavy atom. The lowest BCUT2D eigenvalue weighted by molar-refractivity contribution is 0.100. The summed E-state index contributed by atoms with van der Waals surface area (Å²) in [5.41, 5.74) is 2.17. The van der Waals surface area contributed by atoms with Crippen molar-refractivity contribution < 1.29 is 14.3 Å². The Kier molecular flexibility index (Phi) is 6.66. The topological polar surface area (TPSA) is 38.8 Å². The lowest BCUT2D eigenvalue weighted by Crippen LogP contribution is -2.25. The van der Waals surface area contributed by atoms with Crippen LogP contribution < -0.4 is 9.47 Å². The number of hydrogen-bond acceptors (Lipinski definition) is 4. The summed E-state index contributed by atoms with van der Waals surface area (Å²) in [6.07, 6.45) is 2.86. The SMILES string of the molecule is CCN(CC)CCCOc1ccccc1/C=C1\COc2ccccc2C1=O. The van der Waals surface area contributed by atoms with E-state index in [2.05, 4.69) is 18.7 Å². The van der Waals surface area contributed by atoms with Gasteiger partial charge in [0, 0.05) is 17.7 Å². The van der Waals surface area contributed by atoms with Gasteiger partial charge in [-0.25, -0.2) is 0 Å². The van der Waals surface area contributed by atoms with E-state index in [0.29, 0.717) is 23.5 Å². The Morgan fingerprint density at radius 1 is 1.07 bits per heavy atom. The van der Waals surface area contributed by atoms with Crippen molar-refractivity contribution in [3.05, 3.63) is 65.2 Å². The molecule has 0 aliphatic carbocycles. The van der Waals surface area contributed by atoms with Crippen LogP contribution >= 0.6 is 0 Å². The first kappa shape index (κ1) is 19.2. The van der Waals surface area contributed by atoms with Crippen LogP contribution in [-0.2, 0) is 0 Å². The van der Waals surface area contributed by atoms with Crippen molar-refractivity contribution in [1.29, 1.82) is 0 Å². The van der Waals surface area contributed by atoms with Crippen molar-refractivity contribution in [1.82, 2.24) is 4.90 Å². The molecule has 0 aromatic heterocycles. The molecule has 0 unspecified atom stereocenters. The maximum atomic E-state index is 12.7. The normalized spacial score (nSPS) is 14.9. The molecule has 0 saturated carbocycles. The number of ether oxygens (including phenoxy) is 2. The van der Waals surface area contributed by atoms with Gasteiger partial charge in [-0.3, -0.25) is 4.79 Å². The molecule has 27 heavy (non-hydrogen) atoms. The van der Waals surface area contributed by atoms with Crippen molar-refractivity contribution in [2.24, 2.45) is 0 Å². The number of Topliss-reactive ketones (excluding diaryl/α,β-unsaturated/α-hetero) is 1. The molecular formula is C23H27NO3. The van der Waals surface area contributed by atoms with Gasteiger partial charge in [0.15, 0.2) is 5.78 Å². The molecule has 3 rings (SSSR count). The van der Waals surface area contributed by atoms with Crippen molar-refractivity contribution in [2.75, 3.05) is 32.8 Å². The predicted molar refractivity (Wildman–Crippen MR) is 109 cm³/mol. The van der Waals surface area contributed by atoms with Gasteiger partial charge in [0.05, 0.1) is 12.2 Å². The largest absolute Gasteiger partial charge is 0.493 e. The van der Waals surface area contributed by atoms with Crippen LogP contribution in [0, 0.1) is 0 Å². The third-order valence-corrected chi connectivity index (χ3v) is 4.83. The van der Waals surface area contributed by atoms with Crippen molar-refractivity contribution in [2.45, 2.75) is 20.3 Å². The minimum atomic E-state index is 0.0215. The first-order valence-electron chi connectivity index (χ1n) is 9.64. The number of fused-ring (bicyclic) bond motifs is 1. The Balaban J connectivity index is 1.69. The number of carbonyl (C=O) groups is 1. The fraction of sp³-hybridized carbons (Fsp3) is 0.348. The highest BCUT2D eigenvalue weighted by molar-refractivity contribution is 6.14. The van der Waals surface area contributed by atoms with E-state index in [1.165, 1.54) is 0 Å². The molecule has 0 spiro atoms. The molecule has 142 valence electrons. The molecule has 1 aliphatic heterocycles. The smallest absolute Gasteiger partial charge is 0.196 e. The molecular weight excluding hydrogens is 338 g/mol. The summed E-state index contributed by atoms with van der Waals surface area (Å²) in [5, 5.41) is 0. The molecule has 4 heteroatoms. The number of ketones is 1. The number of carbonyl (C=O) groups excluding carboxylic acids is 1. The van der Waals surface area contributed by atoms with E-state index >= 15 is 0 Å². The molecule has 0 amide bonds. The van der Waals surface area contributed by atoms with Crippen LogP contribution in [0.15, 0.2) is 54.1 Å². The summed E-state index contributed by atoms with van der Waals surface area (Å²) in [4.78, 5) is 15.1. The molecule has 0 saturated heterocycles. The third kappa shape index (κ3) is 4.77. The molecule has 1 aliphatic rings. The molecule has 0 N–H and O–H groups in total. The quantitative estimate of drug-likeness (QED) is 0.511. The van der Waals surface area contributed by atoms with E-state index in [0.717, 1.165) is 37.4 Å². The monoisotopic (exact) mass is 365 g/mol. The molecule has 2 aromatic carbocycles. The van der Waals surface area contributed by atoms with Crippen LogP contribution in [0.5, 0.6) is 11.5 Å². The second-order valence-corrected chi connectivity index (χ2v) is 6.55. The fourth-order valence-corrected chi connectivity index (χ4v) is 3.21. The van der Waals surface area contributed by atoms with Gasteiger partial charge >= 0.3 is 0 Å². The Bertz CT molecular complexity index is 809. The zero-order chi connectivity index (χ0) is 19.1. The summed E-state index contributed by atoms with van der Waals surface area (Å²) >= 11 is 0. The van der Waals surface area contributed by atoms with Gasteiger partial charge in [-0.1, -0.05) is 44.2 Å². The van der Waals surface area contributed by atoms with Gasteiger partial charge in [0.2, 0.25) is 0 Å². The molecule has 1 heterocycles. The highest BCUT2D eigenvalue weighted by atomic mass is 16.5. The van der Waals surface area contributed by atoms with Crippen LogP contribution in [0.2, 0.25) is 0 Å². The van der Waals surface area contributed by atoms with Gasteiger partial charge in [-0.2, -0.15) is 0 Å². The first-order chi connectivity index (χ1) is 13.2. The average Bonchev–Trinajstić information content (AvgIpc) is 2.71. The Hall–Kier alpha value is -2.59. The van der Waals surface area contributed by atoms with Gasteiger partial charge in [-0.05, 0) is 43.8 Å². The number of rotatable bonds is 8. The Labute approximate surface area is 161 Å². The summed E-state index contributed by atoms with van der Waals surface area (Å²) < 4.78 is 11.7. The standard InChI is InChI=1S/C23H27NO3/c1-3-24(4-2)14-9-15-26-21-12-7-5-10-18(21)16-19-17-27-22-13-8-6-11-20(22)23(19)25/h5-8,10-13,16H,3-4,9,14-15,17H2,1-2H3/b19-16+. The second kappa shape index (κ2) is 9.38. The van der Waals surface area contributed by atoms with Crippen molar-refractivity contribution in [3.63, 3.8) is 0 Å². The third-order valence-electron chi connectivity index (χ3n) is 4.83. The lowest BCUT2D eigenvalue weighted by Gasteiger charge is -2.19. The van der Waals surface area contributed by atoms with Gasteiger partial charge in [0.25, 0.3) is 0 Å². The number of benzene rings is 2. The zero-order valence-electron chi connectivity index (χ0n) is 16.1. The lowest BCUT2D eigenvalue weighted by atomic mass is 9.98. The average molecular weight is 365 g/mol. The first-order valence-corrected chi connectivity index (χ1v) is 9.64. The number of nitrogens with zero attached hydrogens (tertiary/aromatic N) is 1. The van der Waals surface area contributed by atoms with E-state index < -0.39 is 0 Å². The van der Waals surface area contributed by atoms with Crippen LogP contribution in [0.3, 0.4) is 0 Å². The predicted octanol–water partition coefficient (Wildman–Crippen LogP) is 4.46. The number of hydrogen-bond donors (Lipinski definition) is 0. The van der Waals surface area contributed by atoms with Crippen molar-refractivity contribution >= 4 is 11.9 Å². The maximum absolute atomic E-state index is 12.7. The summed E-state index contributed by atoms with van der Waals surface area (Å²) in [6.45, 7) is 8.43. The molecule has 4 nitrogen and oxygen atoms in total. The summed E-state index contributed by atoms with van der Waals surface area (Å²) in [7, 11) is 0. The fourth-order valence-electron chi connectivity index (χ4n) is 3.21. The van der Waals surface area contributed by atoms with E-state index in [1.54, 1.807) is 6.07 Å². The highest BCUT2D eigenvalue weighted by Crippen LogP contribution is 2.29. The van der Waals surface area contributed by atoms with E-state index in [-0.39, 0.29) is 12.4 Å². The van der Waals surface area contributed by atoms with Gasteiger partial charge in [0.1, 0.15) is 18.1 Å². The van der Waals surface area contributed by atoms with Gasteiger partial charge < -0.3 is 14.4 Å².